The Morgan fingerprint density at radius 3 is 3.21 bits per heavy atom. The van der Waals surface area contributed by atoms with Crippen molar-refractivity contribution in [2.45, 2.75) is 6.54 Å². The van der Waals surface area contributed by atoms with Crippen LogP contribution in [-0.4, -0.2) is 20.3 Å². The summed E-state index contributed by atoms with van der Waals surface area (Å²) in [5, 5.41) is 5.06. The molecule has 0 aliphatic heterocycles. The number of amides is 1. The molecule has 0 saturated carbocycles. The van der Waals surface area contributed by atoms with Crippen LogP contribution >= 0.6 is 22.9 Å². The molecule has 0 bridgehead atoms. The second-order valence-electron chi connectivity index (χ2n) is 3.88. The summed E-state index contributed by atoms with van der Waals surface area (Å²) in [6, 6.07) is 3.15. The van der Waals surface area contributed by atoms with Gasteiger partial charge in [0.15, 0.2) is 4.96 Å². The van der Waals surface area contributed by atoms with Crippen molar-refractivity contribution in [3.63, 3.8) is 0 Å². The van der Waals surface area contributed by atoms with Gasteiger partial charge in [-0.2, -0.15) is 0 Å². The number of fused-ring (bicyclic) bond motifs is 1. The first-order chi connectivity index (χ1) is 9.22. The molecule has 0 atom stereocenters. The molecule has 0 saturated heterocycles. The molecule has 1 N–H and O–H groups in total. The highest BCUT2D eigenvalue weighted by Gasteiger charge is 2.08. The molecule has 0 spiro atoms. The highest BCUT2D eigenvalue weighted by Crippen LogP contribution is 2.11. The number of carbonyl (C=O) groups is 1. The van der Waals surface area contributed by atoms with Gasteiger partial charge in [-0.05, 0) is 12.1 Å². The van der Waals surface area contributed by atoms with Crippen LogP contribution in [0.5, 0.6) is 0 Å². The van der Waals surface area contributed by atoms with Crippen LogP contribution in [-0.2, 0) is 6.54 Å². The second-order valence-corrected chi connectivity index (χ2v) is 5.14. The van der Waals surface area contributed by atoms with Gasteiger partial charge in [-0.25, -0.2) is 9.97 Å². The Kier molecular flexibility index (Phi) is 3.18. The third kappa shape index (κ3) is 2.59. The number of hydrogen-bond acceptors (Lipinski definition) is 4. The highest BCUT2D eigenvalue weighted by atomic mass is 35.5. The molecular formula is C12H9ClN4OS. The van der Waals surface area contributed by atoms with Crippen molar-refractivity contribution < 1.29 is 4.79 Å². The van der Waals surface area contributed by atoms with Crippen LogP contribution in [0.2, 0.25) is 5.15 Å². The quantitative estimate of drug-likeness (QED) is 0.754. The molecule has 0 unspecified atom stereocenters. The lowest BCUT2D eigenvalue weighted by Gasteiger charge is -2.02. The van der Waals surface area contributed by atoms with Crippen LogP contribution in [0.3, 0.4) is 0 Å². The van der Waals surface area contributed by atoms with Crippen molar-refractivity contribution in [1.82, 2.24) is 19.7 Å². The fourth-order valence-electron chi connectivity index (χ4n) is 1.68. The number of hydrogen-bond donors (Lipinski definition) is 1. The van der Waals surface area contributed by atoms with Crippen molar-refractivity contribution >= 4 is 33.8 Å². The van der Waals surface area contributed by atoms with Gasteiger partial charge >= 0.3 is 0 Å². The number of aromatic nitrogens is 3. The van der Waals surface area contributed by atoms with Gasteiger partial charge in [0.2, 0.25) is 0 Å². The Labute approximate surface area is 117 Å². The predicted octanol–water partition coefficient (Wildman–Crippen LogP) is 2.37. The minimum atomic E-state index is -0.194. The molecule has 1 amide bonds. The summed E-state index contributed by atoms with van der Waals surface area (Å²) in [5.41, 5.74) is 1.31. The van der Waals surface area contributed by atoms with Gasteiger partial charge in [-0.15, -0.1) is 11.3 Å². The first kappa shape index (κ1) is 12.1. The number of imidazole rings is 1. The molecule has 5 nitrogen and oxygen atoms in total. The van der Waals surface area contributed by atoms with E-state index in [1.165, 1.54) is 12.3 Å². The molecule has 19 heavy (non-hydrogen) atoms. The molecule has 7 heteroatoms. The molecule has 0 radical (unpaired) electrons. The Hall–Kier alpha value is -1.92. The largest absolute Gasteiger partial charge is 0.346 e. The fraction of sp³-hybridized carbons (Fsp3) is 0.0833. The first-order valence-electron chi connectivity index (χ1n) is 5.53. The minimum Gasteiger partial charge on any atom is -0.346 e. The van der Waals surface area contributed by atoms with E-state index >= 15 is 0 Å². The van der Waals surface area contributed by atoms with Crippen LogP contribution in [0.4, 0.5) is 0 Å². The van der Waals surface area contributed by atoms with Crippen LogP contribution in [0.15, 0.2) is 36.1 Å². The molecular weight excluding hydrogens is 284 g/mol. The zero-order valence-corrected chi connectivity index (χ0v) is 11.3. The summed E-state index contributed by atoms with van der Waals surface area (Å²) < 4.78 is 1.93. The highest BCUT2D eigenvalue weighted by molar-refractivity contribution is 7.15. The molecule has 96 valence electrons. The number of rotatable bonds is 3. The van der Waals surface area contributed by atoms with E-state index in [0.717, 1.165) is 10.7 Å². The topological polar surface area (TPSA) is 59.3 Å². The summed E-state index contributed by atoms with van der Waals surface area (Å²) >= 11 is 7.29. The zero-order valence-electron chi connectivity index (χ0n) is 9.71. The van der Waals surface area contributed by atoms with Crippen LogP contribution in [0.25, 0.3) is 4.96 Å². The average Bonchev–Trinajstić information content (AvgIpc) is 2.96. The van der Waals surface area contributed by atoms with Gasteiger partial charge in [0.1, 0.15) is 5.15 Å². The zero-order chi connectivity index (χ0) is 13.2. The number of halogens is 1. The van der Waals surface area contributed by atoms with E-state index in [-0.39, 0.29) is 5.91 Å². The Morgan fingerprint density at radius 2 is 2.42 bits per heavy atom. The van der Waals surface area contributed by atoms with E-state index in [9.17, 15) is 4.79 Å². The van der Waals surface area contributed by atoms with Crippen LogP contribution in [0.1, 0.15) is 16.1 Å². The summed E-state index contributed by atoms with van der Waals surface area (Å²) in [5.74, 6) is -0.194. The maximum atomic E-state index is 11.9. The lowest BCUT2D eigenvalue weighted by atomic mass is 10.2. The molecule has 3 rings (SSSR count). The van der Waals surface area contributed by atoms with Crippen molar-refractivity contribution in [3.05, 3.63) is 52.5 Å². The van der Waals surface area contributed by atoms with Gasteiger partial charge in [0.05, 0.1) is 12.2 Å². The van der Waals surface area contributed by atoms with Crippen LogP contribution < -0.4 is 5.32 Å². The lowest BCUT2D eigenvalue weighted by molar-refractivity contribution is 0.0950. The summed E-state index contributed by atoms with van der Waals surface area (Å²) in [6.45, 7) is 0.382. The number of carbonyl (C=O) groups excluding carboxylic acids is 1. The Morgan fingerprint density at radius 1 is 1.53 bits per heavy atom. The van der Waals surface area contributed by atoms with Crippen molar-refractivity contribution in [2.75, 3.05) is 0 Å². The molecule has 0 aliphatic rings. The fourth-order valence-corrected chi connectivity index (χ4v) is 2.57. The number of thiazole rings is 1. The second kappa shape index (κ2) is 4.99. The standard InChI is InChI=1S/C12H9ClN4OS/c13-10-5-8(1-2-14-10)11(18)15-6-9-7-17-3-4-19-12(17)16-9/h1-5,7H,6H2,(H,15,18). The summed E-state index contributed by atoms with van der Waals surface area (Å²) in [7, 11) is 0. The van der Waals surface area contributed by atoms with Gasteiger partial charge in [0.25, 0.3) is 5.91 Å². The van der Waals surface area contributed by atoms with E-state index in [2.05, 4.69) is 15.3 Å². The average molecular weight is 293 g/mol. The molecule has 0 aromatic carbocycles. The maximum Gasteiger partial charge on any atom is 0.251 e. The van der Waals surface area contributed by atoms with Crippen molar-refractivity contribution in [1.29, 1.82) is 0 Å². The van der Waals surface area contributed by atoms with Gasteiger partial charge in [0, 0.05) is 29.5 Å². The first-order valence-corrected chi connectivity index (χ1v) is 6.79. The third-order valence-corrected chi connectivity index (χ3v) is 3.54. The Bertz CT molecular complexity index is 707. The van der Waals surface area contributed by atoms with Crippen molar-refractivity contribution in [2.24, 2.45) is 0 Å². The normalized spacial score (nSPS) is 10.8. The molecule has 3 aromatic heterocycles. The lowest BCUT2D eigenvalue weighted by Crippen LogP contribution is -2.22. The number of pyridine rings is 1. The minimum absolute atomic E-state index is 0.194. The Balaban J connectivity index is 1.69. The smallest absolute Gasteiger partial charge is 0.251 e. The molecule has 3 heterocycles. The maximum absolute atomic E-state index is 11.9. The molecule has 3 aromatic rings. The number of nitrogens with zero attached hydrogens (tertiary/aromatic N) is 3. The third-order valence-electron chi connectivity index (χ3n) is 2.56. The summed E-state index contributed by atoms with van der Waals surface area (Å²) in [6.07, 6.45) is 5.33. The van der Waals surface area contributed by atoms with Gasteiger partial charge < -0.3 is 5.32 Å². The van der Waals surface area contributed by atoms with Gasteiger partial charge in [-0.1, -0.05) is 11.6 Å². The summed E-state index contributed by atoms with van der Waals surface area (Å²) in [4.78, 5) is 21.0. The van der Waals surface area contributed by atoms with E-state index in [1.807, 2.05) is 22.2 Å². The van der Waals surface area contributed by atoms with Crippen LogP contribution in [0, 0.1) is 0 Å². The molecule has 0 fully saturated rings. The monoisotopic (exact) mass is 292 g/mol. The SMILES string of the molecule is O=C(NCc1cn2ccsc2n1)c1ccnc(Cl)c1. The van der Waals surface area contributed by atoms with E-state index in [1.54, 1.807) is 17.4 Å². The number of nitrogens with one attached hydrogen (secondary N) is 1. The van der Waals surface area contributed by atoms with E-state index in [4.69, 9.17) is 11.6 Å². The van der Waals surface area contributed by atoms with E-state index < -0.39 is 0 Å². The van der Waals surface area contributed by atoms with Gasteiger partial charge in [-0.3, -0.25) is 9.20 Å². The van der Waals surface area contributed by atoms with Crippen molar-refractivity contribution in [3.8, 4) is 0 Å². The molecule has 0 aliphatic carbocycles. The predicted molar refractivity (Wildman–Crippen MR) is 73.5 cm³/mol. The van der Waals surface area contributed by atoms with E-state index in [0.29, 0.717) is 17.3 Å².